The first-order valence-corrected chi connectivity index (χ1v) is 5.57. The highest BCUT2D eigenvalue weighted by Gasteiger charge is 2.36. The van der Waals surface area contributed by atoms with Gasteiger partial charge in [0, 0.05) is 11.5 Å². The van der Waals surface area contributed by atoms with Crippen molar-refractivity contribution in [2.75, 3.05) is 5.32 Å². The average Bonchev–Trinajstić information content (AvgIpc) is 2.65. The van der Waals surface area contributed by atoms with Crippen LogP contribution < -0.4 is 5.32 Å². The van der Waals surface area contributed by atoms with Crippen molar-refractivity contribution in [2.24, 2.45) is 5.41 Å². The van der Waals surface area contributed by atoms with Crippen LogP contribution in [0.25, 0.3) is 0 Å². The molecule has 0 fully saturated rings. The zero-order valence-electron chi connectivity index (χ0n) is 11.2. The van der Waals surface area contributed by atoms with Crippen LogP contribution in [0.1, 0.15) is 40.4 Å². The predicted octanol–water partition coefficient (Wildman–Crippen LogP) is 2.02. The molecule has 0 aromatic carbocycles. The second kappa shape index (κ2) is 4.44. The van der Waals surface area contributed by atoms with Crippen LogP contribution in [0.5, 0.6) is 0 Å². The lowest BCUT2D eigenvalue weighted by atomic mass is 9.92. The molecule has 0 aliphatic rings. The molecule has 1 amide bonds. The molecule has 100 valence electrons. The van der Waals surface area contributed by atoms with Crippen LogP contribution in [-0.2, 0) is 15.0 Å². The summed E-state index contributed by atoms with van der Waals surface area (Å²) in [5.74, 6) is -0.992. The van der Waals surface area contributed by atoms with Gasteiger partial charge in [-0.05, 0) is 13.8 Å². The van der Waals surface area contributed by atoms with E-state index in [9.17, 15) is 9.59 Å². The van der Waals surface area contributed by atoms with Crippen molar-refractivity contribution in [1.29, 1.82) is 0 Å². The Hall–Kier alpha value is -1.85. The van der Waals surface area contributed by atoms with Crippen LogP contribution in [0, 0.1) is 5.41 Å². The number of anilines is 1. The van der Waals surface area contributed by atoms with Gasteiger partial charge in [0.15, 0.2) is 5.82 Å². The Balaban J connectivity index is 2.84. The number of carboxylic acid groups (broad SMARTS) is 1. The molecular weight excluding hydrogens is 236 g/mol. The molecule has 6 heteroatoms. The van der Waals surface area contributed by atoms with Crippen molar-refractivity contribution >= 4 is 17.7 Å². The Kier molecular flexibility index (Phi) is 3.50. The molecule has 0 spiro atoms. The molecule has 6 nitrogen and oxygen atoms in total. The number of nitrogens with zero attached hydrogens (tertiary/aromatic N) is 1. The number of rotatable bonds is 3. The summed E-state index contributed by atoms with van der Waals surface area (Å²) in [5, 5.41) is 15.0. The topological polar surface area (TPSA) is 92.4 Å². The Labute approximate surface area is 105 Å². The molecule has 0 aliphatic heterocycles. The third-order valence-electron chi connectivity index (χ3n) is 2.59. The minimum Gasteiger partial charge on any atom is -0.480 e. The third kappa shape index (κ3) is 2.88. The maximum absolute atomic E-state index is 11.8. The van der Waals surface area contributed by atoms with E-state index in [1.807, 2.05) is 20.8 Å². The van der Waals surface area contributed by atoms with Gasteiger partial charge in [-0.15, -0.1) is 0 Å². The summed E-state index contributed by atoms with van der Waals surface area (Å²) in [6.07, 6.45) is 0. The van der Waals surface area contributed by atoms with Crippen LogP contribution in [-0.4, -0.2) is 22.1 Å². The fourth-order valence-electron chi connectivity index (χ4n) is 1.06. The number of aromatic nitrogens is 1. The van der Waals surface area contributed by atoms with Crippen molar-refractivity contribution < 1.29 is 19.2 Å². The van der Waals surface area contributed by atoms with Gasteiger partial charge >= 0.3 is 5.97 Å². The van der Waals surface area contributed by atoms with E-state index < -0.39 is 17.3 Å². The lowest BCUT2D eigenvalue weighted by Gasteiger charge is -2.16. The molecule has 0 saturated carbocycles. The first kappa shape index (κ1) is 14.2. The van der Waals surface area contributed by atoms with Gasteiger partial charge in [0.05, 0.1) is 0 Å². The molecule has 0 unspecified atom stereocenters. The Morgan fingerprint density at radius 2 is 1.83 bits per heavy atom. The number of aliphatic carboxylic acids is 1. The van der Waals surface area contributed by atoms with Gasteiger partial charge in [-0.25, -0.2) is 0 Å². The number of carboxylic acids is 1. The van der Waals surface area contributed by atoms with Gasteiger partial charge in [0.1, 0.15) is 11.2 Å². The Morgan fingerprint density at radius 1 is 1.28 bits per heavy atom. The Bertz CT molecular complexity index is 469. The number of hydrogen-bond donors (Lipinski definition) is 2. The van der Waals surface area contributed by atoms with Crippen LogP contribution >= 0.6 is 0 Å². The number of amides is 1. The normalized spacial score (nSPS) is 12.3. The molecular formula is C12H18N2O4. The van der Waals surface area contributed by atoms with Crippen molar-refractivity contribution in [3.63, 3.8) is 0 Å². The van der Waals surface area contributed by atoms with Crippen molar-refractivity contribution in [2.45, 2.75) is 40.0 Å². The molecule has 0 atom stereocenters. The van der Waals surface area contributed by atoms with Crippen LogP contribution in [0.3, 0.4) is 0 Å². The summed E-state index contributed by atoms with van der Waals surface area (Å²) in [6.45, 7) is 8.49. The molecule has 1 aromatic heterocycles. The molecule has 18 heavy (non-hydrogen) atoms. The molecule has 0 radical (unpaired) electrons. The molecule has 1 heterocycles. The van der Waals surface area contributed by atoms with Crippen molar-refractivity contribution in [1.82, 2.24) is 5.16 Å². The maximum Gasteiger partial charge on any atom is 0.318 e. The smallest absolute Gasteiger partial charge is 0.318 e. The largest absolute Gasteiger partial charge is 0.480 e. The standard InChI is InChI=1S/C12H18N2O4/c1-11(2,3)7-6-8(14-18-7)13-9(15)12(4,5)10(16)17/h6H,1-5H3,(H,16,17)(H,13,14,15). The minimum atomic E-state index is -1.51. The summed E-state index contributed by atoms with van der Waals surface area (Å²) in [5.41, 5.74) is -1.74. The second-order valence-electron chi connectivity index (χ2n) is 5.71. The zero-order valence-corrected chi connectivity index (χ0v) is 11.2. The van der Waals surface area contributed by atoms with E-state index >= 15 is 0 Å². The molecule has 0 bridgehead atoms. The van der Waals surface area contributed by atoms with E-state index in [0.29, 0.717) is 5.76 Å². The predicted molar refractivity (Wildman–Crippen MR) is 65.2 cm³/mol. The van der Waals surface area contributed by atoms with Gasteiger partial charge in [0.25, 0.3) is 0 Å². The zero-order chi connectivity index (χ0) is 14.1. The SMILES string of the molecule is CC(C)(C(=O)O)C(=O)Nc1cc(C(C)(C)C)on1. The summed E-state index contributed by atoms with van der Waals surface area (Å²) >= 11 is 0. The first-order chi connectivity index (χ1) is 8.05. The van der Waals surface area contributed by atoms with Crippen LogP contribution in [0.15, 0.2) is 10.6 Å². The second-order valence-corrected chi connectivity index (χ2v) is 5.71. The maximum atomic E-state index is 11.8. The highest BCUT2D eigenvalue weighted by Crippen LogP contribution is 2.25. The van der Waals surface area contributed by atoms with Crippen LogP contribution in [0.4, 0.5) is 5.82 Å². The lowest BCUT2D eigenvalue weighted by Crippen LogP contribution is -2.37. The molecule has 2 N–H and O–H groups in total. The van der Waals surface area contributed by atoms with E-state index in [-0.39, 0.29) is 11.2 Å². The third-order valence-corrected chi connectivity index (χ3v) is 2.59. The highest BCUT2D eigenvalue weighted by atomic mass is 16.5. The number of carbonyl (C=O) groups excluding carboxylic acids is 1. The van der Waals surface area contributed by atoms with E-state index in [4.69, 9.17) is 9.63 Å². The Morgan fingerprint density at radius 3 is 2.22 bits per heavy atom. The number of carbonyl (C=O) groups is 2. The molecule has 1 aromatic rings. The number of hydrogen-bond acceptors (Lipinski definition) is 4. The molecule has 0 aliphatic carbocycles. The summed E-state index contributed by atoms with van der Waals surface area (Å²) < 4.78 is 5.09. The van der Waals surface area contributed by atoms with Crippen LogP contribution in [0.2, 0.25) is 0 Å². The average molecular weight is 254 g/mol. The van der Waals surface area contributed by atoms with Gasteiger partial charge in [-0.2, -0.15) is 0 Å². The monoisotopic (exact) mass is 254 g/mol. The highest BCUT2D eigenvalue weighted by molar-refractivity contribution is 6.07. The van der Waals surface area contributed by atoms with E-state index in [1.54, 1.807) is 6.07 Å². The summed E-state index contributed by atoms with van der Waals surface area (Å²) in [6, 6.07) is 1.59. The van der Waals surface area contributed by atoms with Gasteiger partial charge in [-0.1, -0.05) is 25.9 Å². The minimum absolute atomic E-state index is 0.222. The van der Waals surface area contributed by atoms with Gasteiger partial charge < -0.3 is 14.9 Å². The van der Waals surface area contributed by atoms with E-state index in [0.717, 1.165) is 0 Å². The fraction of sp³-hybridized carbons (Fsp3) is 0.583. The fourth-order valence-corrected chi connectivity index (χ4v) is 1.06. The summed E-state index contributed by atoms with van der Waals surface area (Å²) in [4.78, 5) is 22.7. The summed E-state index contributed by atoms with van der Waals surface area (Å²) in [7, 11) is 0. The lowest BCUT2D eigenvalue weighted by molar-refractivity contribution is -0.151. The quantitative estimate of drug-likeness (QED) is 0.805. The van der Waals surface area contributed by atoms with E-state index in [2.05, 4.69) is 10.5 Å². The van der Waals surface area contributed by atoms with Gasteiger partial charge in [0.2, 0.25) is 5.91 Å². The molecule has 1 rings (SSSR count). The van der Waals surface area contributed by atoms with Crippen molar-refractivity contribution in [3.05, 3.63) is 11.8 Å². The first-order valence-electron chi connectivity index (χ1n) is 5.57. The van der Waals surface area contributed by atoms with Crippen molar-refractivity contribution in [3.8, 4) is 0 Å². The van der Waals surface area contributed by atoms with Gasteiger partial charge in [-0.3, -0.25) is 9.59 Å². The van der Waals surface area contributed by atoms with E-state index in [1.165, 1.54) is 13.8 Å². The molecule has 0 saturated heterocycles. The number of nitrogens with one attached hydrogen (secondary N) is 1.